The Bertz CT molecular complexity index is 3610. The van der Waals surface area contributed by atoms with Crippen LogP contribution < -0.4 is 77.3 Å². The van der Waals surface area contributed by atoms with Crippen molar-refractivity contribution in [2.24, 2.45) is 4.99 Å². The molecule has 0 aromatic heterocycles. The first-order valence-electron chi connectivity index (χ1n) is 29.8. The summed E-state index contributed by atoms with van der Waals surface area (Å²) in [4.78, 5) is 153. The number of aliphatic hydroxyl groups excluding tert-OH is 4. The van der Waals surface area contributed by atoms with Crippen LogP contribution in [0.2, 0.25) is 0 Å². The Morgan fingerprint density at radius 3 is 1.96 bits per heavy atom. The molecule has 17 N–H and O–H groups in total. The number of nitrogens with one attached hydrogen (secondary N) is 7. The summed E-state index contributed by atoms with van der Waals surface area (Å²) >= 11 is 0. The number of carboxylic acids is 3. The minimum Gasteiger partial charge on any atom is -0.862 e. The van der Waals surface area contributed by atoms with Gasteiger partial charge in [0.1, 0.15) is 102 Å². The average Bonchev–Trinajstić information content (AvgIpc) is 0.749. The van der Waals surface area contributed by atoms with E-state index in [1.165, 1.54) is 62.4 Å². The number of aromatic hydroxyl groups is 1. The number of aliphatic carboxylic acids is 2. The van der Waals surface area contributed by atoms with E-state index in [9.17, 15) is 108 Å². The number of anilines is 1. The number of hydrogen-bond donors (Lipinski definition) is 17. The molecule has 97 heavy (non-hydrogen) atoms. The van der Waals surface area contributed by atoms with Gasteiger partial charge in [-0.15, -0.1) is 0 Å². The number of fused-ring (bicyclic) bond motifs is 2. The van der Waals surface area contributed by atoms with Crippen molar-refractivity contribution in [1.29, 1.82) is 0 Å². The number of phenols is 1. The zero-order chi connectivity index (χ0) is 71.2. The molecule has 0 spiro atoms. The maximum Gasteiger partial charge on any atom is 1.00 e. The predicted octanol–water partition coefficient (Wildman–Crippen LogP) is -5.94. The minimum atomic E-state index is -5.54. The van der Waals surface area contributed by atoms with Crippen LogP contribution in [-0.4, -0.2) is 227 Å². The third-order valence-electron chi connectivity index (χ3n) is 15.3. The molecule has 0 bridgehead atoms. The van der Waals surface area contributed by atoms with E-state index >= 15 is 0 Å². The Labute approximate surface area is 573 Å². The van der Waals surface area contributed by atoms with Gasteiger partial charge in [-0.1, -0.05) is 6.07 Å². The van der Waals surface area contributed by atoms with E-state index in [0.29, 0.717) is 22.2 Å². The number of aromatic carboxylic acids is 1. The van der Waals surface area contributed by atoms with Gasteiger partial charge in [0.05, 0.1) is 18.8 Å². The summed E-state index contributed by atoms with van der Waals surface area (Å²) < 4.78 is 46.2. The molecule has 1 aliphatic carbocycles. The second kappa shape index (κ2) is 35.6. The molecule has 3 heterocycles. The number of ether oxygens (including phenoxy) is 4. The Hall–Kier alpha value is -7.78. The standard InChI is InChI=1S/C59H77N8O28P.Na/c1-24(51(77)63-26(3)55(81)82)62-54(80)36(11-7-8-19-60-35-12-9-10-34(56(83)84)44(35)43-32-15-13-30(72)20-38(32)91-39-21-31(73)14-16-33(39)43)66-42(74)18-17-37(57(85)86)67-52(78)25(2)61-53(79)27(4)90-50-46(65-29(6)71)59(95-96(87,88)89)93-41(23-69)49(50)94-58-45(64-28(5)70)48(76)47(75)40(22-68)92-58;/h9-10,12-16,20-21,24-27,36-37,40-41,45-50,58-60,68-69,72,75-76H,7-8,11,17-19,22-23H2,1-6H3,(H,61,79)(H,62,80)(H,63,77)(H,64,70)(H,65,71)(H,66,74)(H,67,78)(H,81,82)(H,83,84)(H,85,86)(H2,87,88,89);/q;+1/p-1/t24-,25-,26-,27?,36-,37-,40+,41+,45+,46+,47+,48+,49+,50+,58-,59+;/m0./s1. The number of hydrogen-bond acceptors (Lipinski definition) is 25. The summed E-state index contributed by atoms with van der Waals surface area (Å²) in [5.41, 5.74) is 0.813. The van der Waals surface area contributed by atoms with Crippen LogP contribution in [0.25, 0.3) is 33.4 Å². The first kappa shape index (κ1) is 79.9. The van der Waals surface area contributed by atoms with Gasteiger partial charge < -0.3 is 116 Å². The molecule has 36 nitrogen and oxygen atoms in total. The summed E-state index contributed by atoms with van der Waals surface area (Å²) in [7, 11) is -5.54. The van der Waals surface area contributed by atoms with Crippen LogP contribution in [0.1, 0.15) is 84.0 Å². The largest absolute Gasteiger partial charge is 1.00 e. The van der Waals surface area contributed by atoms with Crippen LogP contribution in [0.15, 0.2) is 68.8 Å². The fourth-order valence-corrected chi connectivity index (χ4v) is 10.9. The third-order valence-corrected chi connectivity index (χ3v) is 15.7. The Morgan fingerprint density at radius 2 is 1.35 bits per heavy atom. The minimum absolute atomic E-state index is 0. The fourth-order valence-electron chi connectivity index (χ4n) is 10.5. The fraction of sp³-hybridized carbons (Fsp3) is 0.508. The molecule has 0 saturated carbocycles. The van der Waals surface area contributed by atoms with Crippen LogP contribution >= 0.6 is 7.82 Å². The molecule has 6 rings (SSSR count). The van der Waals surface area contributed by atoms with Crippen molar-refractivity contribution in [3.8, 4) is 28.2 Å². The molecule has 38 heteroatoms. The van der Waals surface area contributed by atoms with Crippen molar-refractivity contribution in [3.05, 3.63) is 70.4 Å². The van der Waals surface area contributed by atoms with Crippen molar-refractivity contribution >= 4 is 83.7 Å². The maximum absolute atomic E-state index is 13.9. The number of carbonyl (C=O) groups is 9. The molecule has 4 aliphatic rings. The van der Waals surface area contributed by atoms with E-state index in [2.05, 4.69) is 42.2 Å². The molecule has 6 amide bonds. The molecule has 2 aromatic carbocycles. The maximum atomic E-state index is 13.9. The Balaban J connectivity index is 0.0000170. The SMILES string of the molecule is CC(=O)N[C@H]1[C@@H](OP(=O)(O)O)O[C@H](CO)[C@@H](O[C@@H]2O[C@H](CO)[C@@H](O)[C@H](O)[C@H]2N=C(C)[O-])[C@@H]1OC(C)C(=O)N[C@@H](C)C(=O)N[C@@H](CCC(=O)N[C@@H](CCCCNc1cccc(C(=O)O)c1-c1c2ccc(=O)cc-2oc2cc(O)ccc12)C(=O)N[C@@H](C)C(=O)N[C@@H](C)C(=O)O)C(=O)O.[Na+]. The molecule has 16 atom stereocenters. The smallest absolute Gasteiger partial charge is 0.862 e. The number of phosphoric acid groups is 1. The van der Waals surface area contributed by atoms with Crippen LogP contribution in [0, 0.1) is 0 Å². The summed E-state index contributed by atoms with van der Waals surface area (Å²) in [5.74, 6) is -11.4. The van der Waals surface area contributed by atoms with Gasteiger partial charge in [0.2, 0.25) is 35.4 Å². The van der Waals surface area contributed by atoms with Crippen molar-refractivity contribution < 1.29 is 161 Å². The molecular formula is C59H76N8NaO28P. The molecule has 0 radical (unpaired) electrons. The number of aliphatic imine (C=N–C) groups is 1. The zero-order valence-electron chi connectivity index (χ0n) is 53.3. The van der Waals surface area contributed by atoms with Crippen molar-refractivity contribution in [1.82, 2.24) is 31.9 Å². The van der Waals surface area contributed by atoms with E-state index in [1.54, 1.807) is 6.07 Å². The quantitative estimate of drug-likeness (QED) is 0.00541. The topological polar surface area (TPSA) is 569 Å². The van der Waals surface area contributed by atoms with Gasteiger partial charge >= 0.3 is 55.3 Å². The second-order valence-electron chi connectivity index (χ2n) is 22.6. The first-order valence-corrected chi connectivity index (χ1v) is 31.3. The molecule has 2 saturated heterocycles. The zero-order valence-corrected chi connectivity index (χ0v) is 56.2. The number of rotatable bonds is 32. The number of carbonyl (C=O) groups excluding carboxylic acids is 6. The van der Waals surface area contributed by atoms with E-state index < -0.39 is 196 Å². The van der Waals surface area contributed by atoms with Crippen molar-refractivity contribution in [2.45, 2.75) is 171 Å². The van der Waals surface area contributed by atoms with Crippen LogP contribution in [-0.2, 0) is 66.4 Å². The van der Waals surface area contributed by atoms with Crippen molar-refractivity contribution in [2.75, 3.05) is 25.1 Å². The summed E-state index contributed by atoms with van der Waals surface area (Å²) in [6.07, 6.45) is -18.1. The Kier molecular flexibility index (Phi) is 29.4. The number of phenolic OH excluding ortho intramolecular Hbond substituents is 1. The molecule has 3 aliphatic heterocycles. The number of phosphoric ester groups is 1. The van der Waals surface area contributed by atoms with Crippen LogP contribution in [0.5, 0.6) is 5.75 Å². The third kappa shape index (κ3) is 21.6. The molecule has 2 fully saturated rings. The van der Waals surface area contributed by atoms with Gasteiger partial charge in [-0.05, 0) is 103 Å². The molecule has 1 unspecified atom stereocenters. The number of amides is 6. The normalized spacial score (nSPS) is 23.0. The van der Waals surface area contributed by atoms with E-state index in [-0.39, 0.29) is 83.6 Å². The van der Waals surface area contributed by atoms with Crippen LogP contribution in [0.3, 0.4) is 0 Å². The van der Waals surface area contributed by atoms with Gasteiger partial charge in [-0.25, -0.2) is 14.2 Å². The monoisotopic (exact) mass is 1400 g/mol. The Morgan fingerprint density at radius 1 is 0.711 bits per heavy atom. The summed E-state index contributed by atoms with van der Waals surface area (Å²) in [6, 6.07) is 1.33. The van der Waals surface area contributed by atoms with Crippen molar-refractivity contribution in [3.63, 3.8) is 0 Å². The van der Waals surface area contributed by atoms with Gasteiger partial charge in [0, 0.05) is 59.8 Å². The first-order chi connectivity index (χ1) is 45.1. The van der Waals surface area contributed by atoms with E-state index in [4.69, 9.17) is 27.9 Å². The van der Waals surface area contributed by atoms with Gasteiger partial charge in [-0.2, -0.15) is 0 Å². The van der Waals surface area contributed by atoms with E-state index in [0.717, 1.165) is 27.7 Å². The number of aliphatic hydroxyl groups is 4. The summed E-state index contributed by atoms with van der Waals surface area (Å²) in [5, 5.41) is 112. The molecule has 2 aromatic rings. The number of nitrogens with zero attached hydrogens (tertiary/aromatic N) is 1. The average molecular weight is 1400 g/mol. The van der Waals surface area contributed by atoms with Gasteiger partial charge in [0.15, 0.2) is 18.0 Å². The van der Waals surface area contributed by atoms with Gasteiger partial charge in [0.25, 0.3) is 0 Å². The van der Waals surface area contributed by atoms with Gasteiger partial charge in [-0.3, -0.25) is 47.9 Å². The number of carboxylic acid groups (broad SMARTS) is 3. The molecular weight excluding hydrogens is 1320 g/mol. The number of unbranched alkanes of at least 4 members (excludes halogenated alkanes) is 1. The molecule has 526 valence electrons. The number of benzene rings is 3. The predicted molar refractivity (Wildman–Crippen MR) is 327 cm³/mol. The van der Waals surface area contributed by atoms with Crippen LogP contribution in [0.4, 0.5) is 5.69 Å². The second-order valence-corrected chi connectivity index (χ2v) is 23.8. The van der Waals surface area contributed by atoms with E-state index in [1.807, 2.05) is 0 Å². The summed E-state index contributed by atoms with van der Waals surface area (Å²) in [6.45, 7) is 4.57.